The first-order chi connectivity index (χ1) is 10.6. The summed E-state index contributed by atoms with van der Waals surface area (Å²) in [7, 11) is 0. The number of amides is 3. The number of piperidine rings is 1. The SMILES string of the molecule is CC(=O)NC1CCN(C(=O)N[C@@H]2C[C@H]2c2ccccc2)CC1. The molecule has 0 bridgehead atoms. The quantitative estimate of drug-likeness (QED) is 0.895. The Morgan fingerprint density at radius 2 is 1.77 bits per heavy atom. The molecule has 1 aliphatic heterocycles. The molecule has 2 aliphatic rings. The number of benzene rings is 1. The van der Waals surface area contributed by atoms with Crippen LogP contribution in [0.15, 0.2) is 30.3 Å². The molecule has 3 rings (SSSR count). The summed E-state index contributed by atoms with van der Waals surface area (Å²) in [5, 5.41) is 6.05. The highest BCUT2D eigenvalue weighted by atomic mass is 16.2. The van der Waals surface area contributed by atoms with E-state index in [4.69, 9.17) is 0 Å². The number of rotatable bonds is 3. The number of nitrogens with one attached hydrogen (secondary N) is 2. The lowest BCUT2D eigenvalue weighted by Crippen LogP contribution is -2.49. The predicted molar refractivity (Wildman–Crippen MR) is 84.5 cm³/mol. The topological polar surface area (TPSA) is 61.4 Å². The number of likely N-dealkylation sites (tertiary alicyclic amines) is 1. The molecule has 22 heavy (non-hydrogen) atoms. The third kappa shape index (κ3) is 3.59. The van der Waals surface area contributed by atoms with Gasteiger partial charge in [0.1, 0.15) is 0 Å². The Morgan fingerprint density at radius 1 is 1.09 bits per heavy atom. The maximum absolute atomic E-state index is 12.3. The molecule has 2 fully saturated rings. The van der Waals surface area contributed by atoms with Crippen molar-refractivity contribution in [2.45, 2.75) is 44.2 Å². The van der Waals surface area contributed by atoms with E-state index in [1.807, 2.05) is 23.1 Å². The van der Waals surface area contributed by atoms with E-state index in [0.29, 0.717) is 19.0 Å². The first kappa shape index (κ1) is 14.9. The van der Waals surface area contributed by atoms with Crippen LogP contribution < -0.4 is 10.6 Å². The molecule has 1 aromatic rings. The van der Waals surface area contributed by atoms with E-state index in [2.05, 4.69) is 22.8 Å². The van der Waals surface area contributed by atoms with Crippen LogP contribution >= 0.6 is 0 Å². The third-order valence-electron chi connectivity index (χ3n) is 4.52. The van der Waals surface area contributed by atoms with E-state index in [9.17, 15) is 9.59 Å². The monoisotopic (exact) mass is 301 g/mol. The van der Waals surface area contributed by atoms with E-state index < -0.39 is 0 Å². The van der Waals surface area contributed by atoms with Gasteiger partial charge in [-0.3, -0.25) is 4.79 Å². The molecule has 1 aromatic carbocycles. The predicted octanol–water partition coefficient (Wildman–Crippen LogP) is 1.85. The van der Waals surface area contributed by atoms with Crippen molar-refractivity contribution in [3.05, 3.63) is 35.9 Å². The van der Waals surface area contributed by atoms with Crippen molar-refractivity contribution >= 4 is 11.9 Å². The average molecular weight is 301 g/mol. The number of urea groups is 1. The summed E-state index contributed by atoms with van der Waals surface area (Å²) in [5.74, 6) is 0.466. The Balaban J connectivity index is 1.43. The fourth-order valence-electron chi connectivity index (χ4n) is 3.19. The summed E-state index contributed by atoms with van der Waals surface area (Å²) in [6.07, 6.45) is 2.69. The zero-order chi connectivity index (χ0) is 15.5. The highest BCUT2D eigenvalue weighted by Gasteiger charge is 2.40. The zero-order valence-corrected chi connectivity index (χ0v) is 12.9. The van der Waals surface area contributed by atoms with Gasteiger partial charge in [0.2, 0.25) is 5.91 Å². The van der Waals surface area contributed by atoms with Gasteiger partial charge in [-0.2, -0.15) is 0 Å². The van der Waals surface area contributed by atoms with Gasteiger partial charge in [0.05, 0.1) is 0 Å². The lowest BCUT2D eigenvalue weighted by atomic mass is 10.1. The van der Waals surface area contributed by atoms with Crippen molar-refractivity contribution in [1.29, 1.82) is 0 Å². The first-order valence-electron chi connectivity index (χ1n) is 8.01. The largest absolute Gasteiger partial charge is 0.353 e. The van der Waals surface area contributed by atoms with Gasteiger partial charge in [0.25, 0.3) is 0 Å². The zero-order valence-electron chi connectivity index (χ0n) is 12.9. The molecule has 3 amide bonds. The minimum Gasteiger partial charge on any atom is -0.353 e. The summed E-state index contributed by atoms with van der Waals surface area (Å²) in [5.41, 5.74) is 1.30. The molecule has 0 aromatic heterocycles. The number of hydrogen-bond acceptors (Lipinski definition) is 2. The van der Waals surface area contributed by atoms with Gasteiger partial charge in [-0.1, -0.05) is 30.3 Å². The maximum atomic E-state index is 12.3. The minimum absolute atomic E-state index is 0.00610. The second-order valence-electron chi connectivity index (χ2n) is 6.27. The van der Waals surface area contributed by atoms with Crippen LogP contribution in [-0.4, -0.2) is 42.0 Å². The average Bonchev–Trinajstić information content (AvgIpc) is 3.27. The molecule has 2 atom stereocenters. The van der Waals surface area contributed by atoms with Crippen LogP contribution in [-0.2, 0) is 4.79 Å². The van der Waals surface area contributed by atoms with Gasteiger partial charge in [0.15, 0.2) is 0 Å². The Hall–Kier alpha value is -2.04. The molecule has 1 aliphatic carbocycles. The normalized spacial score (nSPS) is 24.7. The van der Waals surface area contributed by atoms with Crippen LogP contribution in [0, 0.1) is 0 Å². The Labute approximate surface area is 131 Å². The molecular formula is C17H23N3O2. The first-order valence-corrected chi connectivity index (χ1v) is 8.01. The number of carbonyl (C=O) groups is 2. The summed E-state index contributed by atoms with van der Waals surface area (Å²) < 4.78 is 0. The van der Waals surface area contributed by atoms with Gasteiger partial charge in [-0.25, -0.2) is 4.79 Å². The lowest BCUT2D eigenvalue weighted by Gasteiger charge is -2.32. The van der Waals surface area contributed by atoms with Crippen molar-refractivity contribution in [3.8, 4) is 0 Å². The van der Waals surface area contributed by atoms with E-state index >= 15 is 0 Å². The summed E-state index contributed by atoms with van der Waals surface area (Å²) in [6.45, 7) is 2.95. The van der Waals surface area contributed by atoms with E-state index in [-0.39, 0.29) is 24.0 Å². The molecule has 5 heteroatoms. The standard InChI is InChI=1S/C17H23N3O2/c1-12(21)18-14-7-9-20(10-8-14)17(22)19-16-11-15(16)13-5-3-2-4-6-13/h2-6,14-16H,7-11H2,1H3,(H,18,21)(H,19,22)/t15-,16+/m0/s1. The van der Waals surface area contributed by atoms with Crippen LogP contribution in [0.4, 0.5) is 4.79 Å². The molecule has 1 saturated carbocycles. The minimum atomic E-state index is 0.00610. The Bertz CT molecular complexity index is 538. The van der Waals surface area contributed by atoms with Crippen molar-refractivity contribution in [2.24, 2.45) is 0 Å². The van der Waals surface area contributed by atoms with Crippen molar-refractivity contribution in [2.75, 3.05) is 13.1 Å². The van der Waals surface area contributed by atoms with Crippen molar-refractivity contribution in [1.82, 2.24) is 15.5 Å². The van der Waals surface area contributed by atoms with Crippen molar-refractivity contribution in [3.63, 3.8) is 0 Å². The second-order valence-corrected chi connectivity index (χ2v) is 6.27. The molecule has 0 radical (unpaired) electrons. The van der Waals surface area contributed by atoms with E-state index in [1.54, 1.807) is 0 Å². The van der Waals surface area contributed by atoms with Crippen LogP contribution in [0.25, 0.3) is 0 Å². The molecule has 0 spiro atoms. The molecule has 5 nitrogen and oxygen atoms in total. The van der Waals surface area contributed by atoms with Crippen LogP contribution in [0.3, 0.4) is 0 Å². The second kappa shape index (κ2) is 6.38. The van der Waals surface area contributed by atoms with E-state index in [1.165, 1.54) is 12.5 Å². The summed E-state index contributed by atoms with van der Waals surface area (Å²) in [6, 6.07) is 10.8. The van der Waals surface area contributed by atoms with Gasteiger partial charge >= 0.3 is 6.03 Å². The van der Waals surface area contributed by atoms with Gasteiger partial charge in [-0.15, -0.1) is 0 Å². The highest BCUT2D eigenvalue weighted by Crippen LogP contribution is 2.40. The van der Waals surface area contributed by atoms with E-state index in [0.717, 1.165) is 19.3 Å². The molecule has 118 valence electrons. The molecule has 2 N–H and O–H groups in total. The fraction of sp³-hybridized carbons (Fsp3) is 0.529. The maximum Gasteiger partial charge on any atom is 0.317 e. The summed E-state index contributed by atoms with van der Waals surface area (Å²) >= 11 is 0. The Morgan fingerprint density at radius 3 is 2.41 bits per heavy atom. The molecule has 0 unspecified atom stereocenters. The Kier molecular flexibility index (Phi) is 4.32. The van der Waals surface area contributed by atoms with Crippen LogP contribution in [0.2, 0.25) is 0 Å². The van der Waals surface area contributed by atoms with Gasteiger partial charge < -0.3 is 15.5 Å². The molecule has 1 heterocycles. The number of carbonyl (C=O) groups excluding carboxylic acids is 2. The smallest absolute Gasteiger partial charge is 0.317 e. The summed E-state index contributed by atoms with van der Waals surface area (Å²) in [4.78, 5) is 25.2. The van der Waals surface area contributed by atoms with Gasteiger partial charge in [0, 0.05) is 38.0 Å². The van der Waals surface area contributed by atoms with Gasteiger partial charge in [-0.05, 0) is 24.8 Å². The third-order valence-corrected chi connectivity index (χ3v) is 4.52. The number of hydrogen-bond donors (Lipinski definition) is 2. The van der Waals surface area contributed by atoms with Crippen LogP contribution in [0.1, 0.15) is 37.7 Å². The molecular weight excluding hydrogens is 278 g/mol. The fourth-order valence-corrected chi connectivity index (χ4v) is 3.19. The molecule has 1 saturated heterocycles. The lowest BCUT2D eigenvalue weighted by molar-refractivity contribution is -0.119. The number of nitrogens with zero attached hydrogens (tertiary/aromatic N) is 1. The van der Waals surface area contributed by atoms with Crippen LogP contribution in [0.5, 0.6) is 0 Å². The van der Waals surface area contributed by atoms with Crippen molar-refractivity contribution < 1.29 is 9.59 Å². The highest BCUT2D eigenvalue weighted by molar-refractivity contribution is 5.75.